The summed E-state index contributed by atoms with van der Waals surface area (Å²) in [5, 5.41) is 21.9. The van der Waals surface area contributed by atoms with Crippen molar-refractivity contribution < 1.29 is 24.4 Å². The lowest BCUT2D eigenvalue weighted by atomic mass is 9.66. The maximum absolute atomic E-state index is 13.0. The number of carboxylic acids is 1. The minimum Gasteiger partial charge on any atom is -0.481 e. The van der Waals surface area contributed by atoms with Gasteiger partial charge in [-0.25, -0.2) is 0 Å². The SMILES string of the molecule is O=C(O)[C@@H]1[C@H]2C[C@H]3[C@@H]1C(=O)Oc1ccc([N+](=O)[O-])cc1[C@@H]1c4sc(=O)[nH]c4S[C@H]2[C@@H]13. The number of aromatic amines is 1. The van der Waals surface area contributed by atoms with Crippen molar-refractivity contribution in [1.29, 1.82) is 0 Å². The molecule has 3 heterocycles. The van der Waals surface area contributed by atoms with Gasteiger partial charge in [0.15, 0.2) is 0 Å². The summed E-state index contributed by atoms with van der Waals surface area (Å²) in [5.74, 6) is -3.84. The molecule has 154 valence electrons. The molecule has 2 N–H and O–H groups in total. The Morgan fingerprint density at radius 2 is 2.10 bits per heavy atom. The number of aromatic nitrogens is 1. The summed E-state index contributed by atoms with van der Waals surface area (Å²) in [7, 11) is 0. The topological polar surface area (TPSA) is 140 Å². The number of hydrogen-bond donors (Lipinski definition) is 2. The number of nitro groups is 1. The van der Waals surface area contributed by atoms with Gasteiger partial charge in [-0.05, 0) is 30.2 Å². The summed E-state index contributed by atoms with van der Waals surface area (Å²) in [6.45, 7) is 0. The monoisotopic (exact) mass is 446 g/mol. The van der Waals surface area contributed by atoms with Crippen molar-refractivity contribution in [2.75, 3.05) is 0 Å². The fraction of sp³-hybridized carbons (Fsp3) is 0.421. The number of nitrogens with zero attached hydrogens (tertiary/aromatic N) is 1. The number of esters is 1. The van der Waals surface area contributed by atoms with Crippen LogP contribution >= 0.6 is 23.1 Å². The van der Waals surface area contributed by atoms with Crippen molar-refractivity contribution in [2.45, 2.75) is 22.6 Å². The van der Waals surface area contributed by atoms with Crippen LogP contribution in [-0.2, 0) is 9.59 Å². The highest BCUT2D eigenvalue weighted by Gasteiger charge is 2.67. The average molecular weight is 446 g/mol. The van der Waals surface area contributed by atoms with Crippen LogP contribution in [-0.4, -0.2) is 32.2 Å². The van der Waals surface area contributed by atoms with Gasteiger partial charge in [-0.15, -0.1) is 11.8 Å². The number of nitro benzene ring substituents is 1. The summed E-state index contributed by atoms with van der Waals surface area (Å²) in [5.41, 5.74) is 0.398. The third-order valence-corrected chi connectivity index (χ3v) is 9.61. The van der Waals surface area contributed by atoms with Crippen LogP contribution in [0.3, 0.4) is 0 Å². The molecule has 6 rings (SSSR count). The Balaban J connectivity index is 1.63. The number of non-ortho nitro benzene ring substituents is 1. The summed E-state index contributed by atoms with van der Waals surface area (Å²) < 4.78 is 5.63. The fourth-order valence-corrected chi connectivity index (χ4v) is 8.98. The summed E-state index contributed by atoms with van der Waals surface area (Å²) >= 11 is 2.55. The molecule has 0 unspecified atom stereocenters. The Morgan fingerprint density at radius 3 is 2.83 bits per heavy atom. The average Bonchev–Trinajstić information content (AvgIpc) is 3.35. The van der Waals surface area contributed by atoms with E-state index in [1.165, 1.54) is 30.0 Å². The van der Waals surface area contributed by atoms with E-state index in [1.807, 2.05) is 0 Å². The lowest BCUT2D eigenvalue weighted by molar-refractivity contribution is -0.385. The summed E-state index contributed by atoms with van der Waals surface area (Å²) in [6, 6.07) is 4.10. The lowest BCUT2D eigenvalue weighted by Gasteiger charge is -2.45. The third-order valence-electron chi connectivity index (χ3n) is 7.02. The molecule has 7 atom stereocenters. The minimum atomic E-state index is -1.01. The molecule has 4 aliphatic rings. The molecule has 2 saturated carbocycles. The number of ether oxygens (including phenoxy) is 1. The predicted octanol–water partition coefficient (Wildman–Crippen LogP) is 2.45. The molecule has 2 bridgehead atoms. The van der Waals surface area contributed by atoms with E-state index in [0.717, 1.165) is 16.2 Å². The van der Waals surface area contributed by atoms with Gasteiger partial charge in [-0.2, -0.15) is 0 Å². The van der Waals surface area contributed by atoms with Crippen LogP contribution in [0.2, 0.25) is 0 Å². The highest BCUT2D eigenvalue weighted by molar-refractivity contribution is 8.00. The van der Waals surface area contributed by atoms with Crippen LogP contribution in [0.4, 0.5) is 5.69 Å². The Labute approximate surface area is 176 Å². The normalized spacial score (nSPS) is 35.1. The molecule has 0 saturated heterocycles. The number of H-pyrrole nitrogens is 1. The molecule has 1 aromatic carbocycles. The number of carboxylic acid groups (broad SMARTS) is 1. The van der Waals surface area contributed by atoms with Crippen molar-refractivity contribution >= 4 is 40.7 Å². The van der Waals surface area contributed by atoms with Crippen LogP contribution in [0, 0.1) is 39.7 Å². The van der Waals surface area contributed by atoms with E-state index < -0.39 is 28.7 Å². The van der Waals surface area contributed by atoms with E-state index in [9.17, 15) is 29.6 Å². The van der Waals surface area contributed by atoms with Crippen LogP contribution < -0.4 is 9.61 Å². The van der Waals surface area contributed by atoms with E-state index in [-0.39, 0.29) is 45.2 Å². The van der Waals surface area contributed by atoms with Crippen LogP contribution in [0.1, 0.15) is 22.8 Å². The van der Waals surface area contributed by atoms with E-state index in [4.69, 9.17) is 4.74 Å². The van der Waals surface area contributed by atoms with E-state index in [0.29, 0.717) is 17.0 Å². The Morgan fingerprint density at radius 1 is 1.30 bits per heavy atom. The number of hydrogen-bond acceptors (Lipinski definition) is 8. The number of thiazole rings is 1. The van der Waals surface area contributed by atoms with Gasteiger partial charge in [-0.1, -0.05) is 11.3 Å². The molecule has 0 amide bonds. The van der Waals surface area contributed by atoms with Crippen molar-refractivity contribution in [3.8, 4) is 5.75 Å². The highest BCUT2D eigenvalue weighted by Crippen LogP contribution is 2.68. The van der Waals surface area contributed by atoms with Gasteiger partial charge in [0.05, 0.1) is 21.8 Å². The van der Waals surface area contributed by atoms with Gasteiger partial charge in [0.1, 0.15) is 5.75 Å². The second-order valence-electron chi connectivity index (χ2n) is 8.20. The number of carbonyl (C=O) groups excluding carboxylic acids is 1. The zero-order chi connectivity index (χ0) is 20.9. The zero-order valence-electron chi connectivity index (χ0n) is 15.1. The molecule has 9 nitrogen and oxygen atoms in total. The number of fused-ring (bicyclic) bond motifs is 6. The van der Waals surface area contributed by atoms with Gasteiger partial charge in [-0.3, -0.25) is 24.5 Å². The number of thioether (sulfide) groups is 1. The first kappa shape index (κ1) is 18.1. The molecule has 2 fully saturated rings. The van der Waals surface area contributed by atoms with Gasteiger partial charge in [0, 0.05) is 33.7 Å². The predicted molar refractivity (Wildman–Crippen MR) is 105 cm³/mol. The number of carbonyl (C=O) groups is 2. The second-order valence-corrected chi connectivity index (χ2v) is 10.4. The van der Waals surface area contributed by atoms with Gasteiger partial charge in [0.25, 0.3) is 5.69 Å². The van der Waals surface area contributed by atoms with E-state index in [2.05, 4.69) is 4.98 Å². The van der Waals surface area contributed by atoms with Gasteiger partial charge < -0.3 is 14.8 Å². The second kappa shape index (κ2) is 5.94. The third kappa shape index (κ3) is 2.21. The molecule has 30 heavy (non-hydrogen) atoms. The largest absolute Gasteiger partial charge is 0.481 e. The van der Waals surface area contributed by atoms with E-state index in [1.54, 1.807) is 0 Å². The van der Waals surface area contributed by atoms with Gasteiger partial charge >= 0.3 is 16.8 Å². The number of benzene rings is 1. The first-order chi connectivity index (χ1) is 14.3. The van der Waals surface area contributed by atoms with Crippen molar-refractivity contribution in [1.82, 2.24) is 4.98 Å². The van der Waals surface area contributed by atoms with Crippen molar-refractivity contribution in [3.63, 3.8) is 0 Å². The van der Waals surface area contributed by atoms with Crippen molar-refractivity contribution in [2.24, 2.45) is 29.6 Å². The Hall–Kier alpha value is -2.66. The number of rotatable bonds is 2. The van der Waals surface area contributed by atoms with Gasteiger partial charge in [0.2, 0.25) is 0 Å². The Kier molecular flexibility index (Phi) is 3.59. The molecular formula is C19H14N2O7S2. The maximum atomic E-state index is 13.0. The Bertz CT molecular complexity index is 1200. The molecule has 2 aliphatic carbocycles. The zero-order valence-corrected chi connectivity index (χ0v) is 16.8. The molecule has 0 spiro atoms. The lowest BCUT2D eigenvalue weighted by Crippen LogP contribution is -2.49. The number of nitrogens with one attached hydrogen (secondary N) is 1. The number of aliphatic carboxylic acids is 1. The van der Waals surface area contributed by atoms with Crippen LogP contribution in [0.5, 0.6) is 5.75 Å². The van der Waals surface area contributed by atoms with E-state index >= 15 is 0 Å². The molecule has 1 aromatic heterocycles. The molecular weight excluding hydrogens is 432 g/mol. The standard InChI is InChI=1S/C19H14N2O7S2/c22-17(23)12-8-4-7-11-10(15-16(29-14(8)11)20-19(25)30-15)6-3-5(21(26)27)1-2-9(6)28-18(24)13(7)12/h1-3,7-8,10-14H,4H2,(H,20,25)(H,22,23)/t7-,8-,10+,11-,12-,13+,14-/m1/s1. The summed E-state index contributed by atoms with van der Waals surface area (Å²) in [6.07, 6.45) is 0.596. The van der Waals surface area contributed by atoms with Crippen molar-refractivity contribution in [3.05, 3.63) is 48.4 Å². The molecule has 0 radical (unpaired) electrons. The van der Waals surface area contributed by atoms with Crippen LogP contribution in [0.15, 0.2) is 28.0 Å². The quantitative estimate of drug-likeness (QED) is 0.310. The first-order valence-corrected chi connectivity index (χ1v) is 11.2. The molecule has 2 aromatic rings. The van der Waals surface area contributed by atoms with Crippen LogP contribution in [0.25, 0.3) is 0 Å². The molecule has 2 aliphatic heterocycles. The molecule has 11 heteroatoms. The highest BCUT2D eigenvalue weighted by atomic mass is 32.2. The summed E-state index contributed by atoms with van der Waals surface area (Å²) in [4.78, 5) is 51.5. The fourth-order valence-electron chi connectivity index (χ4n) is 6.10. The first-order valence-electron chi connectivity index (χ1n) is 9.47. The smallest absolute Gasteiger partial charge is 0.315 e. The minimum absolute atomic E-state index is 0.0897. The maximum Gasteiger partial charge on any atom is 0.315 e.